The maximum absolute atomic E-state index is 11.5. The zero-order chi connectivity index (χ0) is 10.7. The number of hydrogen-bond acceptors (Lipinski definition) is 4. The Balaban J connectivity index is 1.67. The van der Waals surface area contributed by atoms with Crippen molar-refractivity contribution in [2.75, 3.05) is 13.1 Å². The van der Waals surface area contributed by atoms with Crippen LogP contribution in [-0.2, 0) is 11.2 Å². The monoisotopic (exact) mass is 224 g/mol. The van der Waals surface area contributed by atoms with Crippen LogP contribution < -0.4 is 5.32 Å². The van der Waals surface area contributed by atoms with Crippen LogP contribution in [0.25, 0.3) is 0 Å². The van der Waals surface area contributed by atoms with Crippen LogP contribution in [0.1, 0.15) is 23.5 Å². The Bertz CT molecular complexity index is 344. The number of nitrogens with one attached hydrogen (secondary N) is 1. The van der Waals surface area contributed by atoms with E-state index in [-0.39, 0.29) is 5.78 Å². The zero-order valence-electron chi connectivity index (χ0n) is 8.95. The van der Waals surface area contributed by atoms with Crippen molar-refractivity contribution >= 4 is 17.1 Å². The number of thiazole rings is 1. The van der Waals surface area contributed by atoms with Crippen molar-refractivity contribution in [3.63, 3.8) is 0 Å². The number of carbonyl (C=O) groups excluding carboxylic acids is 1. The fourth-order valence-corrected chi connectivity index (χ4v) is 2.25. The summed E-state index contributed by atoms with van der Waals surface area (Å²) in [6.07, 6.45) is 3.13. The van der Waals surface area contributed by atoms with Crippen LogP contribution in [0, 0.1) is 12.8 Å². The van der Waals surface area contributed by atoms with Gasteiger partial charge >= 0.3 is 0 Å². The van der Waals surface area contributed by atoms with Gasteiger partial charge in [-0.25, -0.2) is 4.98 Å². The normalized spacial score (nSPS) is 15.5. The Hall–Kier alpha value is -0.740. The molecule has 0 atom stereocenters. The number of carbonyl (C=O) groups is 1. The van der Waals surface area contributed by atoms with Gasteiger partial charge < -0.3 is 5.32 Å². The molecule has 1 aliphatic carbocycles. The first kappa shape index (κ1) is 10.8. The van der Waals surface area contributed by atoms with Crippen molar-refractivity contribution in [1.29, 1.82) is 0 Å². The molecule has 1 aromatic heterocycles. The van der Waals surface area contributed by atoms with Crippen molar-refractivity contribution in [2.24, 2.45) is 5.92 Å². The summed E-state index contributed by atoms with van der Waals surface area (Å²) < 4.78 is 0. The lowest BCUT2D eigenvalue weighted by Crippen LogP contribution is -2.26. The van der Waals surface area contributed by atoms with Gasteiger partial charge in [-0.3, -0.25) is 4.79 Å². The van der Waals surface area contributed by atoms with Gasteiger partial charge in [0.25, 0.3) is 0 Å². The number of nitrogens with zero attached hydrogens (tertiary/aromatic N) is 1. The van der Waals surface area contributed by atoms with Crippen LogP contribution in [0.4, 0.5) is 0 Å². The Kier molecular flexibility index (Phi) is 3.49. The van der Waals surface area contributed by atoms with Crippen LogP contribution in [0.15, 0.2) is 5.38 Å². The highest BCUT2D eigenvalue weighted by molar-refractivity contribution is 7.09. The highest BCUT2D eigenvalue weighted by Gasteiger charge is 2.20. The summed E-state index contributed by atoms with van der Waals surface area (Å²) in [7, 11) is 0. The average Bonchev–Trinajstić information content (AvgIpc) is 2.91. The quantitative estimate of drug-likeness (QED) is 0.797. The van der Waals surface area contributed by atoms with E-state index < -0.39 is 0 Å². The van der Waals surface area contributed by atoms with Crippen molar-refractivity contribution in [2.45, 2.75) is 26.2 Å². The van der Waals surface area contributed by atoms with E-state index in [2.05, 4.69) is 10.3 Å². The molecule has 15 heavy (non-hydrogen) atoms. The smallest absolute Gasteiger partial charge is 0.153 e. The highest BCUT2D eigenvalue weighted by atomic mass is 32.1. The van der Waals surface area contributed by atoms with Gasteiger partial charge in [-0.1, -0.05) is 0 Å². The predicted octanol–water partition coefficient (Wildman–Crippen LogP) is 1.56. The summed E-state index contributed by atoms with van der Waals surface area (Å²) in [4.78, 5) is 15.8. The molecule has 1 aliphatic rings. The van der Waals surface area contributed by atoms with Gasteiger partial charge in [0.15, 0.2) is 5.78 Å². The molecule has 2 rings (SSSR count). The van der Waals surface area contributed by atoms with Crippen LogP contribution in [-0.4, -0.2) is 23.9 Å². The van der Waals surface area contributed by atoms with E-state index in [1.165, 1.54) is 12.8 Å². The summed E-state index contributed by atoms with van der Waals surface area (Å²) in [5.41, 5.74) is 1.01. The molecule has 1 aromatic rings. The Morgan fingerprint density at radius 1 is 1.67 bits per heavy atom. The first-order valence-electron chi connectivity index (χ1n) is 5.37. The van der Waals surface area contributed by atoms with Crippen molar-refractivity contribution in [1.82, 2.24) is 10.3 Å². The second-order valence-electron chi connectivity index (χ2n) is 4.17. The molecule has 0 radical (unpaired) electrons. The molecule has 0 amide bonds. The third-order valence-electron chi connectivity index (χ3n) is 2.47. The fraction of sp³-hybridized carbons (Fsp3) is 0.636. The summed E-state index contributed by atoms with van der Waals surface area (Å²) in [6, 6.07) is 0. The van der Waals surface area contributed by atoms with Gasteiger partial charge in [-0.15, -0.1) is 11.3 Å². The summed E-state index contributed by atoms with van der Waals surface area (Å²) in [5, 5.41) is 6.12. The molecule has 1 saturated carbocycles. The largest absolute Gasteiger partial charge is 0.310 e. The van der Waals surface area contributed by atoms with Gasteiger partial charge in [0, 0.05) is 11.1 Å². The second-order valence-corrected chi connectivity index (χ2v) is 5.12. The van der Waals surface area contributed by atoms with Crippen LogP contribution in [0.5, 0.6) is 0 Å². The van der Waals surface area contributed by atoms with Gasteiger partial charge in [-0.05, 0) is 32.2 Å². The molecule has 1 heterocycles. The lowest BCUT2D eigenvalue weighted by molar-refractivity contribution is -0.117. The third kappa shape index (κ3) is 3.72. The standard InChI is InChI=1S/C11H16N2OS/c1-8-7-15-11(13-8)4-10(14)6-12-5-9-2-3-9/h7,9,12H,2-6H2,1H3. The van der Waals surface area contributed by atoms with E-state index in [1.54, 1.807) is 11.3 Å². The lowest BCUT2D eigenvalue weighted by Gasteiger charge is -2.00. The number of hydrogen-bond donors (Lipinski definition) is 1. The lowest BCUT2D eigenvalue weighted by atomic mass is 10.3. The maximum atomic E-state index is 11.5. The average molecular weight is 224 g/mol. The number of ketones is 1. The maximum Gasteiger partial charge on any atom is 0.153 e. The van der Waals surface area contributed by atoms with E-state index in [0.717, 1.165) is 23.2 Å². The van der Waals surface area contributed by atoms with E-state index in [4.69, 9.17) is 0 Å². The van der Waals surface area contributed by atoms with Gasteiger partial charge in [0.05, 0.1) is 13.0 Å². The highest BCUT2D eigenvalue weighted by Crippen LogP contribution is 2.27. The molecule has 0 spiro atoms. The SMILES string of the molecule is Cc1csc(CC(=O)CNCC2CC2)n1. The number of aryl methyl sites for hydroxylation is 1. The van der Waals surface area contributed by atoms with Crippen molar-refractivity contribution in [3.8, 4) is 0 Å². The Labute approximate surface area is 93.9 Å². The second kappa shape index (κ2) is 4.86. The molecular weight excluding hydrogens is 208 g/mol. The van der Waals surface area contributed by atoms with Gasteiger partial charge in [0.1, 0.15) is 5.01 Å². The summed E-state index contributed by atoms with van der Waals surface area (Å²) >= 11 is 1.57. The molecule has 3 nitrogen and oxygen atoms in total. The Morgan fingerprint density at radius 3 is 3.07 bits per heavy atom. The molecule has 0 bridgehead atoms. The molecule has 0 unspecified atom stereocenters. The Morgan fingerprint density at radius 2 is 2.47 bits per heavy atom. The number of Topliss-reactive ketones (excluding diaryl/α,β-unsaturated/α-hetero) is 1. The molecule has 1 fully saturated rings. The minimum absolute atomic E-state index is 0.241. The first-order chi connectivity index (χ1) is 7.24. The van der Waals surface area contributed by atoms with Crippen LogP contribution in [0.2, 0.25) is 0 Å². The fourth-order valence-electron chi connectivity index (χ4n) is 1.45. The van der Waals surface area contributed by atoms with Gasteiger partial charge in [0.2, 0.25) is 0 Å². The molecule has 1 N–H and O–H groups in total. The van der Waals surface area contributed by atoms with Crippen molar-refractivity contribution in [3.05, 3.63) is 16.1 Å². The molecule has 0 saturated heterocycles. The summed E-state index contributed by atoms with van der Waals surface area (Å²) in [6.45, 7) is 3.45. The third-order valence-corrected chi connectivity index (χ3v) is 3.43. The van der Waals surface area contributed by atoms with E-state index >= 15 is 0 Å². The van der Waals surface area contributed by atoms with Gasteiger partial charge in [-0.2, -0.15) is 0 Å². The first-order valence-corrected chi connectivity index (χ1v) is 6.25. The molecule has 0 aromatic carbocycles. The minimum Gasteiger partial charge on any atom is -0.310 e. The minimum atomic E-state index is 0.241. The topological polar surface area (TPSA) is 42.0 Å². The zero-order valence-corrected chi connectivity index (χ0v) is 9.77. The molecule has 4 heteroatoms. The number of rotatable bonds is 6. The van der Waals surface area contributed by atoms with E-state index in [1.807, 2.05) is 12.3 Å². The summed E-state index contributed by atoms with van der Waals surface area (Å²) in [5.74, 6) is 1.07. The predicted molar refractivity (Wildman–Crippen MR) is 61.2 cm³/mol. The van der Waals surface area contributed by atoms with Crippen LogP contribution in [0.3, 0.4) is 0 Å². The van der Waals surface area contributed by atoms with E-state index in [9.17, 15) is 4.79 Å². The van der Waals surface area contributed by atoms with Crippen LogP contribution >= 0.6 is 11.3 Å². The molecule has 0 aliphatic heterocycles. The molecular formula is C11H16N2OS. The van der Waals surface area contributed by atoms with E-state index in [0.29, 0.717) is 13.0 Å². The van der Waals surface area contributed by atoms with Crippen molar-refractivity contribution < 1.29 is 4.79 Å². The number of aromatic nitrogens is 1. The molecule has 82 valence electrons.